The molecule has 132 valence electrons. The fourth-order valence-corrected chi connectivity index (χ4v) is 3.43. The quantitative estimate of drug-likeness (QED) is 0.874. The maximum atomic E-state index is 13.2. The molecule has 2 aromatic rings. The molecular formula is C20H27N4O+. The summed E-state index contributed by atoms with van der Waals surface area (Å²) in [7, 11) is 0. The number of rotatable bonds is 3. The number of hydrogen-bond donors (Lipinski definition) is 1. The van der Waals surface area contributed by atoms with Gasteiger partial charge in [0.15, 0.2) is 5.56 Å². The number of hydrogen-bond acceptors (Lipinski definition) is 3. The van der Waals surface area contributed by atoms with Crippen molar-refractivity contribution in [3.63, 3.8) is 0 Å². The van der Waals surface area contributed by atoms with E-state index in [0.717, 1.165) is 17.8 Å². The minimum absolute atomic E-state index is 0.0708. The zero-order valence-electron chi connectivity index (χ0n) is 15.7. The molecule has 1 aromatic heterocycles. The predicted molar refractivity (Wildman–Crippen MR) is 99.8 cm³/mol. The van der Waals surface area contributed by atoms with Crippen molar-refractivity contribution in [2.75, 3.05) is 17.2 Å². The molecule has 0 fully saturated rings. The van der Waals surface area contributed by atoms with Crippen LogP contribution in [0.3, 0.4) is 0 Å². The lowest BCUT2D eigenvalue weighted by atomic mass is 9.81. The molecule has 0 radical (unpaired) electrons. The van der Waals surface area contributed by atoms with Crippen LogP contribution >= 0.6 is 0 Å². The number of benzene rings is 1. The zero-order valence-corrected chi connectivity index (χ0v) is 15.7. The highest BCUT2D eigenvalue weighted by Crippen LogP contribution is 2.36. The maximum Gasteiger partial charge on any atom is 0.268 e. The molecule has 0 spiro atoms. The van der Waals surface area contributed by atoms with Crippen LogP contribution in [0.2, 0.25) is 0 Å². The summed E-state index contributed by atoms with van der Waals surface area (Å²) in [4.78, 5) is 19.7. The molecule has 0 atom stereocenters. The average Bonchev–Trinajstić information content (AvgIpc) is 2.58. The Labute approximate surface area is 149 Å². The number of aromatic nitrogens is 2. The van der Waals surface area contributed by atoms with Gasteiger partial charge in [-0.15, -0.1) is 4.98 Å². The van der Waals surface area contributed by atoms with E-state index in [0.29, 0.717) is 17.9 Å². The van der Waals surface area contributed by atoms with Crippen molar-refractivity contribution in [3.05, 3.63) is 47.4 Å². The van der Waals surface area contributed by atoms with Gasteiger partial charge < -0.3 is 10.6 Å². The molecule has 0 aliphatic carbocycles. The van der Waals surface area contributed by atoms with E-state index in [1.54, 1.807) is 6.33 Å². The molecule has 0 bridgehead atoms. The molecule has 5 heteroatoms. The molecule has 0 unspecified atom stereocenters. The van der Waals surface area contributed by atoms with Crippen molar-refractivity contribution >= 4 is 17.4 Å². The molecule has 1 amide bonds. The number of nitrogens with two attached hydrogens (primary N) is 1. The number of carbonyl (C=O) groups is 1. The summed E-state index contributed by atoms with van der Waals surface area (Å²) in [6.45, 7) is 11.0. The first-order valence-electron chi connectivity index (χ1n) is 8.87. The van der Waals surface area contributed by atoms with Crippen molar-refractivity contribution < 1.29 is 9.36 Å². The summed E-state index contributed by atoms with van der Waals surface area (Å²) < 4.78 is 1.86. The molecule has 0 saturated heterocycles. The standard InChI is InChI=1S/C20H26N4O/c1-6-14-7-9-15(10-8-14)23-11-20(4,5)17-16(19(23)25)18(21)24(12-22-17)13(2)3/h7-10,12-13,21H,6,11H2,1-5H3/p+1. The van der Waals surface area contributed by atoms with Gasteiger partial charge in [-0.1, -0.05) is 32.9 Å². The molecule has 1 aliphatic rings. The Kier molecular flexibility index (Phi) is 4.27. The van der Waals surface area contributed by atoms with Crippen molar-refractivity contribution in [1.29, 1.82) is 0 Å². The van der Waals surface area contributed by atoms with Crippen molar-refractivity contribution in [3.8, 4) is 0 Å². The van der Waals surface area contributed by atoms with Crippen LogP contribution < -0.4 is 15.2 Å². The summed E-state index contributed by atoms with van der Waals surface area (Å²) in [5.74, 6) is 0.423. The first-order valence-corrected chi connectivity index (χ1v) is 8.87. The number of amides is 1. The predicted octanol–water partition coefficient (Wildman–Crippen LogP) is 3.03. The zero-order chi connectivity index (χ0) is 18.4. The largest absolute Gasteiger partial charge is 0.318 e. The average molecular weight is 339 g/mol. The van der Waals surface area contributed by atoms with Gasteiger partial charge in [-0.3, -0.25) is 4.79 Å². The Balaban J connectivity index is 2.13. The van der Waals surface area contributed by atoms with Gasteiger partial charge in [-0.25, -0.2) is 4.57 Å². The van der Waals surface area contributed by atoms with Crippen LogP contribution in [0.4, 0.5) is 11.5 Å². The van der Waals surface area contributed by atoms with E-state index < -0.39 is 0 Å². The lowest BCUT2D eigenvalue weighted by Crippen LogP contribution is -2.51. The van der Waals surface area contributed by atoms with E-state index in [-0.39, 0.29) is 17.4 Å². The topological polar surface area (TPSA) is 63.1 Å². The Hall–Kier alpha value is -2.43. The molecule has 0 saturated carbocycles. The Bertz CT molecular complexity index is 809. The number of carbonyl (C=O) groups excluding carboxylic acids is 1. The molecule has 25 heavy (non-hydrogen) atoms. The van der Waals surface area contributed by atoms with Crippen LogP contribution in [-0.4, -0.2) is 17.4 Å². The lowest BCUT2D eigenvalue weighted by molar-refractivity contribution is -0.705. The number of nitrogen functional groups attached to an aromatic ring is 1. The second-order valence-corrected chi connectivity index (χ2v) is 7.65. The number of anilines is 2. The summed E-state index contributed by atoms with van der Waals surface area (Å²) in [6.07, 6.45) is 2.73. The molecule has 1 aliphatic heterocycles. The Morgan fingerprint density at radius 3 is 2.48 bits per heavy atom. The van der Waals surface area contributed by atoms with Crippen molar-refractivity contribution in [2.45, 2.75) is 52.5 Å². The van der Waals surface area contributed by atoms with Gasteiger partial charge in [0.25, 0.3) is 5.91 Å². The van der Waals surface area contributed by atoms with Crippen molar-refractivity contribution in [1.82, 2.24) is 4.98 Å². The monoisotopic (exact) mass is 339 g/mol. The maximum absolute atomic E-state index is 13.2. The fraction of sp³-hybridized carbons (Fsp3) is 0.450. The van der Waals surface area contributed by atoms with Crippen molar-refractivity contribution in [2.24, 2.45) is 0 Å². The number of fused-ring (bicyclic) bond motifs is 1. The minimum Gasteiger partial charge on any atom is -0.318 e. The first-order chi connectivity index (χ1) is 11.8. The Morgan fingerprint density at radius 2 is 1.92 bits per heavy atom. The van der Waals surface area contributed by atoms with E-state index in [4.69, 9.17) is 5.73 Å². The summed E-state index contributed by atoms with van der Waals surface area (Å²) in [5, 5.41) is 0. The molecular weight excluding hydrogens is 312 g/mol. The highest BCUT2D eigenvalue weighted by molar-refractivity contribution is 6.10. The van der Waals surface area contributed by atoms with Gasteiger partial charge in [0, 0.05) is 17.6 Å². The van der Waals surface area contributed by atoms with Gasteiger partial charge >= 0.3 is 0 Å². The second kappa shape index (κ2) is 6.14. The highest BCUT2D eigenvalue weighted by Gasteiger charge is 2.43. The third-order valence-electron chi connectivity index (χ3n) is 4.95. The lowest BCUT2D eigenvalue weighted by Gasteiger charge is -2.37. The van der Waals surface area contributed by atoms with E-state index in [1.807, 2.05) is 35.4 Å². The highest BCUT2D eigenvalue weighted by atomic mass is 16.2. The van der Waals surface area contributed by atoms with Crippen LogP contribution in [0.15, 0.2) is 30.6 Å². The second-order valence-electron chi connectivity index (χ2n) is 7.65. The fourth-order valence-electron chi connectivity index (χ4n) is 3.43. The van der Waals surface area contributed by atoms with Crippen LogP contribution in [0.1, 0.15) is 62.3 Å². The first kappa shape index (κ1) is 17.4. The van der Waals surface area contributed by atoms with Gasteiger partial charge in [-0.2, -0.15) is 0 Å². The molecule has 1 aromatic carbocycles. The van der Waals surface area contributed by atoms with Gasteiger partial charge in [-0.05, 0) is 38.0 Å². The van der Waals surface area contributed by atoms with Crippen LogP contribution in [0, 0.1) is 0 Å². The molecule has 3 rings (SSSR count). The SMILES string of the molecule is CCc1ccc(N2CC(C)(C)c3nc[n+](C(C)C)c(N)c3C2=O)cc1. The smallest absolute Gasteiger partial charge is 0.268 e. The summed E-state index contributed by atoms with van der Waals surface area (Å²) in [5.41, 5.74) is 9.59. The van der Waals surface area contributed by atoms with E-state index in [2.05, 4.69) is 37.9 Å². The van der Waals surface area contributed by atoms with Crippen LogP contribution in [-0.2, 0) is 11.8 Å². The van der Waals surface area contributed by atoms with Gasteiger partial charge in [0.05, 0.1) is 6.04 Å². The van der Waals surface area contributed by atoms with E-state index in [9.17, 15) is 4.79 Å². The Morgan fingerprint density at radius 1 is 1.28 bits per heavy atom. The molecule has 2 N–H and O–H groups in total. The van der Waals surface area contributed by atoms with E-state index >= 15 is 0 Å². The number of aryl methyl sites for hydroxylation is 1. The minimum atomic E-state index is -0.267. The third kappa shape index (κ3) is 2.88. The van der Waals surface area contributed by atoms with E-state index in [1.165, 1.54) is 5.56 Å². The molecule has 5 nitrogen and oxygen atoms in total. The molecule has 2 heterocycles. The van der Waals surface area contributed by atoms with Crippen LogP contribution in [0.25, 0.3) is 0 Å². The van der Waals surface area contributed by atoms with Gasteiger partial charge in [0.1, 0.15) is 5.69 Å². The number of nitrogens with zero attached hydrogens (tertiary/aromatic N) is 3. The van der Waals surface area contributed by atoms with Crippen LogP contribution in [0.5, 0.6) is 0 Å². The normalized spacial score (nSPS) is 16.2. The summed E-state index contributed by atoms with van der Waals surface area (Å²) >= 11 is 0. The summed E-state index contributed by atoms with van der Waals surface area (Å²) in [6, 6.07) is 8.33. The third-order valence-corrected chi connectivity index (χ3v) is 4.95. The van der Waals surface area contributed by atoms with Gasteiger partial charge in [0.2, 0.25) is 12.1 Å².